The molecule has 0 spiro atoms. The molecular weight excluding hydrogens is 338 g/mol. The second-order valence-electron chi connectivity index (χ2n) is 4.73. The van der Waals surface area contributed by atoms with E-state index in [1.54, 1.807) is 11.3 Å². The summed E-state index contributed by atoms with van der Waals surface area (Å²) in [6.07, 6.45) is 0. The van der Waals surface area contributed by atoms with Crippen LogP contribution < -0.4 is 5.73 Å². The van der Waals surface area contributed by atoms with Crippen LogP contribution >= 0.6 is 39.0 Å². The number of hydrogen-bond donors (Lipinski definition) is 1. The number of hydrogen-bond acceptors (Lipinski definition) is 3. The molecule has 0 bridgehead atoms. The fourth-order valence-electron chi connectivity index (χ4n) is 1.82. The topological polar surface area (TPSA) is 26.0 Å². The number of thiophene rings is 1. The average molecular weight is 356 g/mol. The van der Waals surface area contributed by atoms with Crippen LogP contribution in [0.5, 0.6) is 0 Å². The highest BCUT2D eigenvalue weighted by Gasteiger charge is 2.13. The third-order valence-electron chi connectivity index (χ3n) is 2.94. The van der Waals surface area contributed by atoms with Gasteiger partial charge in [-0.15, -0.1) is 23.1 Å². The van der Waals surface area contributed by atoms with Gasteiger partial charge in [-0.05, 0) is 45.6 Å². The first kappa shape index (κ1) is 15.1. The van der Waals surface area contributed by atoms with Crippen LogP contribution in [0.15, 0.2) is 45.1 Å². The lowest BCUT2D eigenvalue weighted by atomic mass is 10.0. The molecule has 2 rings (SSSR count). The molecule has 1 aromatic heterocycles. The second-order valence-corrected chi connectivity index (χ2v) is 7.87. The number of rotatable bonds is 5. The van der Waals surface area contributed by atoms with Crippen LogP contribution in [0, 0.1) is 0 Å². The first-order chi connectivity index (χ1) is 9.10. The Morgan fingerprint density at radius 2 is 1.95 bits per heavy atom. The van der Waals surface area contributed by atoms with Crippen molar-refractivity contribution in [2.24, 2.45) is 5.73 Å². The predicted molar refractivity (Wildman–Crippen MR) is 90.2 cm³/mol. The van der Waals surface area contributed by atoms with Gasteiger partial charge in [-0.25, -0.2) is 0 Å². The summed E-state index contributed by atoms with van der Waals surface area (Å²) in [6, 6.07) is 11.0. The Kier molecular flexibility index (Phi) is 5.51. The van der Waals surface area contributed by atoms with E-state index in [-0.39, 0.29) is 0 Å². The zero-order valence-electron chi connectivity index (χ0n) is 11.1. The van der Waals surface area contributed by atoms with Crippen molar-refractivity contribution in [3.63, 3.8) is 0 Å². The van der Waals surface area contributed by atoms with Crippen LogP contribution in [-0.2, 0) is 0 Å². The monoisotopic (exact) mass is 355 g/mol. The van der Waals surface area contributed by atoms with Gasteiger partial charge in [0, 0.05) is 26.2 Å². The van der Waals surface area contributed by atoms with Crippen LogP contribution in [0.1, 0.15) is 35.5 Å². The van der Waals surface area contributed by atoms with Gasteiger partial charge in [0.05, 0.1) is 5.25 Å². The quantitative estimate of drug-likeness (QED) is 0.724. The van der Waals surface area contributed by atoms with Gasteiger partial charge in [0.25, 0.3) is 0 Å². The maximum Gasteiger partial charge on any atom is 0.0561 e. The highest BCUT2D eigenvalue weighted by atomic mass is 79.9. The lowest BCUT2D eigenvalue weighted by molar-refractivity contribution is 0.864. The minimum absolute atomic E-state index is 0.334. The summed E-state index contributed by atoms with van der Waals surface area (Å²) in [7, 11) is 0. The van der Waals surface area contributed by atoms with E-state index in [1.165, 1.54) is 15.3 Å². The van der Waals surface area contributed by atoms with E-state index in [0.29, 0.717) is 17.7 Å². The van der Waals surface area contributed by atoms with Gasteiger partial charge in [0.15, 0.2) is 0 Å². The highest BCUT2D eigenvalue weighted by Crippen LogP contribution is 2.38. The summed E-state index contributed by atoms with van der Waals surface area (Å²) in [5.74, 6) is 0.581. The van der Waals surface area contributed by atoms with E-state index in [9.17, 15) is 0 Å². The molecule has 0 fully saturated rings. The molecule has 4 heteroatoms. The third kappa shape index (κ3) is 4.09. The van der Waals surface area contributed by atoms with Gasteiger partial charge in [0.2, 0.25) is 0 Å². The summed E-state index contributed by atoms with van der Waals surface area (Å²) in [6.45, 7) is 5.09. The van der Waals surface area contributed by atoms with Crippen LogP contribution in [0.4, 0.5) is 0 Å². The van der Waals surface area contributed by atoms with E-state index in [4.69, 9.17) is 5.73 Å². The van der Waals surface area contributed by atoms with E-state index in [0.717, 1.165) is 4.47 Å². The molecule has 2 N–H and O–H groups in total. The van der Waals surface area contributed by atoms with Crippen LogP contribution in [0.2, 0.25) is 0 Å². The molecule has 0 aliphatic heterocycles. The number of halogens is 1. The lowest BCUT2D eigenvalue weighted by Crippen LogP contribution is -2.07. The highest BCUT2D eigenvalue weighted by molar-refractivity contribution is 9.10. The van der Waals surface area contributed by atoms with Crippen molar-refractivity contribution in [2.45, 2.75) is 29.9 Å². The van der Waals surface area contributed by atoms with Gasteiger partial charge in [-0.3, -0.25) is 0 Å². The zero-order chi connectivity index (χ0) is 13.8. The number of benzene rings is 1. The van der Waals surface area contributed by atoms with E-state index in [2.05, 4.69) is 65.5 Å². The molecule has 0 radical (unpaired) electrons. The van der Waals surface area contributed by atoms with Crippen molar-refractivity contribution < 1.29 is 0 Å². The molecule has 1 atom stereocenters. The molecule has 0 aliphatic rings. The Morgan fingerprint density at radius 3 is 2.42 bits per heavy atom. The van der Waals surface area contributed by atoms with Crippen molar-refractivity contribution in [1.29, 1.82) is 0 Å². The summed E-state index contributed by atoms with van der Waals surface area (Å²) in [4.78, 5) is 2.61. The fourth-order valence-corrected chi connectivity index (χ4v) is 4.47. The molecule has 19 heavy (non-hydrogen) atoms. The van der Waals surface area contributed by atoms with Crippen molar-refractivity contribution in [3.05, 3.63) is 50.6 Å². The Hall–Kier alpha value is -0.290. The maximum atomic E-state index is 5.91. The van der Waals surface area contributed by atoms with Gasteiger partial charge < -0.3 is 5.73 Å². The summed E-state index contributed by atoms with van der Waals surface area (Å²) in [5.41, 5.74) is 7.29. The Balaban J connectivity index is 2.10. The fraction of sp³-hybridized carbons (Fsp3) is 0.333. The van der Waals surface area contributed by atoms with Crippen LogP contribution in [-0.4, -0.2) is 6.54 Å². The second kappa shape index (κ2) is 6.93. The number of nitrogens with two attached hydrogens (primary N) is 1. The van der Waals surface area contributed by atoms with E-state index < -0.39 is 0 Å². The van der Waals surface area contributed by atoms with E-state index >= 15 is 0 Å². The molecule has 1 heterocycles. The van der Waals surface area contributed by atoms with Crippen LogP contribution in [0.3, 0.4) is 0 Å². The standard InChI is InChI=1S/C15H18BrNS2/c1-10(2)11-3-5-13(6-4-11)19-15(8-17)14-7-12(16)9-18-14/h3-7,9-10,15H,8,17H2,1-2H3. The first-order valence-electron chi connectivity index (χ1n) is 6.30. The maximum absolute atomic E-state index is 5.91. The predicted octanol–water partition coefficient (Wildman–Crippen LogP) is 5.43. The van der Waals surface area contributed by atoms with E-state index in [1.807, 2.05) is 11.8 Å². The van der Waals surface area contributed by atoms with Gasteiger partial charge in [-0.1, -0.05) is 26.0 Å². The Morgan fingerprint density at radius 1 is 1.26 bits per heavy atom. The minimum Gasteiger partial charge on any atom is -0.329 e. The smallest absolute Gasteiger partial charge is 0.0561 e. The normalized spacial score (nSPS) is 12.9. The number of thioether (sulfide) groups is 1. The van der Waals surface area contributed by atoms with Crippen molar-refractivity contribution in [2.75, 3.05) is 6.54 Å². The largest absolute Gasteiger partial charge is 0.329 e. The van der Waals surface area contributed by atoms with Gasteiger partial charge in [-0.2, -0.15) is 0 Å². The van der Waals surface area contributed by atoms with Gasteiger partial charge in [0.1, 0.15) is 0 Å². The zero-order valence-corrected chi connectivity index (χ0v) is 14.3. The minimum atomic E-state index is 0.334. The lowest BCUT2D eigenvalue weighted by Gasteiger charge is -2.13. The average Bonchev–Trinajstić information content (AvgIpc) is 2.83. The molecule has 1 unspecified atom stereocenters. The molecule has 1 aromatic carbocycles. The Labute approximate surface area is 131 Å². The Bertz CT molecular complexity index is 519. The molecule has 102 valence electrons. The molecular formula is C15H18BrNS2. The molecule has 0 aliphatic carbocycles. The van der Waals surface area contributed by atoms with Crippen molar-refractivity contribution in [1.82, 2.24) is 0 Å². The molecule has 0 amide bonds. The summed E-state index contributed by atoms with van der Waals surface area (Å²) < 4.78 is 1.14. The SMILES string of the molecule is CC(C)c1ccc(SC(CN)c2cc(Br)cs2)cc1. The van der Waals surface area contributed by atoms with Gasteiger partial charge >= 0.3 is 0 Å². The molecule has 0 saturated carbocycles. The van der Waals surface area contributed by atoms with Crippen LogP contribution in [0.25, 0.3) is 0 Å². The third-order valence-corrected chi connectivity index (χ3v) is 6.18. The van der Waals surface area contributed by atoms with Crippen molar-refractivity contribution in [3.8, 4) is 0 Å². The van der Waals surface area contributed by atoms with Crippen molar-refractivity contribution >= 4 is 39.0 Å². The molecule has 1 nitrogen and oxygen atoms in total. The molecule has 2 aromatic rings. The molecule has 0 saturated heterocycles. The summed E-state index contributed by atoms with van der Waals surface area (Å²) in [5, 5.41) is 2.45. The first-order valence-corrected chi connectivity index (χ1v) is 8.86. The summed E-state index contributed by atoms with van der Waals surface area (Å²) >= 11 is 7.10.